The molecule has 6 nitrogen and oxygen atoms in total. The van der Waals surface area contributed by atoms with Gasteiger partial charge in [0.2, 0.25) is 0 Å². The quantitative estimate of drug-likeness (QED) is 0.123. The predicted molar refractivity (Wildman–Crippen MR) is 263 cm³/mol. The van der Waals surface area contributed by atoms with Crippen LogP contribution in [0.15, 0.2) is 249 Å². The third-order valence-corrected chi connectivity index (χ3v) is 11.1. The molecule has 2 aromatic heterocycles. The molecule has 316 valence electrons. The molecular formula is C58H42N5OPt-. The van der Waals surface area contributed by atoms with E-state index >= 15 is 0 Å². The van der Waals surface area contributed by atoms with E-state index in [9.17, 15) is 5.11 Å². The van der Waals surface area contributed by atoms with Crippen molar-refractivity contribution in [1.29, 1.82) is 0 Å². The minimum Gasteiger partial charge on any atom is -0.507 e. The number of hydrogen-bond acceptors (Lipinski definition) is 6. The van der Waals surface area contributed by atoms with Crippen LogP contribution in [0.5, 0.6) is 5.75 Å². The second-order valence-corrected chi connectivity index (χ2v) is 15.1. The first-order valence-corrected chi connectivity index (χ1v) is 21.2. The summed E-state index contributed by atoms with van der Waals surface area (Å²) in [5.41, 5.74) is 11.6. The Morgan fingerprint density at radius 2 is 0.831 bits per heavy atom. The Labute approximate surface area is 394 Å². The first kappa shape index (κ1) is 42.3. The summed E-state index contributed by atoms with van der Waals surface area (Å²) in [6.07, 6.45) is 1.82. The van der Waals surface area contributed by atoms with Gasteiger partial charge in [-0.25, -0.2) is 9.97 Å². The standard InChI is InChI=1S/C58H42N5O.Pt/c64-56-37-18-15-34-52(56)53-41-49(61(45-26-9-3-10-27-45)46-28-11-4-12-29-46)42-58(60-53)63(55-36-17-14-33-51(55)44-24-7-2-8-25-44)48-31-21-30-47(40-48)62(57-38-19-20-39-59-57)54-35-16-13-32-50(54)43-22-5-1-6-23-43;/h1-39,41-42,64H;/q-1;. The van der Waals surface area contributed by atoms with Crippen LogP contribution in [0.25, 0.3) is 33.5 Å². The topological polar surface area (TPSA) is 55.7 Å². The smallest absolute Gasteiger partial charge is 0.138 e. The molecule has 0 saturated carbocycles. The zero-order valence-electron chi connectivity index (χ0n) is 35.2. The molecule has 0 unspecified atom stereocenters. The Morgan fingerprint density at radius 1 is 0.369 bits per heavy atom. The molecule has 0 aliphatic heterocycles. The van der Waals surface area contributed by atoms with E-state index in [1.807, 2.05) is 97.2 Å². The first-order valence-electron chi connectivity index (χ1n) is 21.2. The van der Waals surface area contributed by atoms with Crippen LogP contribution in [0, 0.1) is 6.07 Å². The Balaban J connectivity index is 0.00000533. The molecule has 0 bridgehead atoms. The van der Waals surface area contributed by atoms with Crippen molar-refractivity contribution in [3.63, 3.8) is 0 Å². The summed E-state index contributed by atoms with van der Waals surface area (Å²) in [5, 5.41) is 11.4. The minimum absolute atomic E-state index is 0. The van der Waals surface area contributed by atoms with Crippen molar-refractivity contribution in [1.82, 2.24) is 9.97 Å². The number of aromatic hydroxyl groups is 1. The molecule has 0 aliphatic rings. The van der Waals surface area contributed by atoms with E-state index in [0.29, 0.717) is 17.1 Å². The number of para-hydroxylation sites is 5. The zero-order valence-corrected chi connectivity index (χ0v) is 37.4. The summed E-state index contributed by atoms with van der Waals surface area (Å²) in [4.78, 5) is 16.9. The summed E-state index contributed by atoms with van der Waals surface area (Å²) >= 11 is 0. The molecule has 65 heavy (non-hydrogen) atoms. The SMILES string of the molecule is Oc1ccccc1-c1cc(N(c2ccccc2)c2ccccc2)cc(N(c2[c-]c(N(c3ccccn3)c3ccccc3-c3ccccc3)ccc2)c2ccccc2-c2ccccc2)n1.[Pt]. The number of benzene rings is 8. The van der Waals surface area contributed by atoms with Gasteiger partial charge in [-0.1, -0.05) is 163 Å². The maximum absolute atomic E-state index is 11.4. The number of pyridine rings is 2. The van der Waals surface area contributed by atoms with Gasteiger partial charge in [-0.05, 0) is 77.9 Å². The molecule has 7 heteroatoms. The van der Waals surface area contributed by atoms with E-state index in [1.54, 1.807) is 6.07 Å². The van der Waals surface area contributed by atoms with Gasteiger partial charge in [-0.15, -0.1) is 18.2 Å². The Bertz CT molecular complexity index is 3100. The Kier molecular flexibility index (Phi) is 12.7. The fourth-order valence-corrected chi connectivity index (χ4v) is 8.18. The van der Waals surface area contributed by atoms with Crippen LogP contribution in [-0.4, -0.2) is 15.1 Å². The molecule has 0 aliphatic carbocycles. The second kappa shape index (κ2) is 19.6. The van der Waals surface area contributed by atoms with Crippen LogP contribution in [0.1, 0.15) is 0 Å². The molecule has 0 amide bonds. The first-order chi connectivity index (χ1) is 31.7. The fourth-order valence-electron chi connectivity index (χ4n) is 8.18. The van der Waals surface area contributed by atoms with Crippen molar-refractivity contribution in [3.8, 4) is 39.3 Å². The van der Waals surface area contributed by atoms with Gasteiger partial charge in [-0.2, -0.15) is 6.07 Å². The van der Waals surface area contributed by atoms with Gasteiger partial charge in [0, 0.05) is 61.4 Å². The molecule has 0 spiro atoms. The Morgan fingerprint density at radius 3 is 1.35 bits per heavy atom. The fraction of sp³-hybridized carbons (Fsp3) is 0. The van der Waals surface area contributed by atoms with Crippen LogP contribution < -0.4 is 14.7 Å². The third kappa shape index (κ3) is 8.94. The van der Waals surface area contributed by atoms with Gasteiger partial charge in [0.25, 0.3) is 0 Å². The van der Waals surface area contributed by atoms with Crippen LogP contribution in [0.3, 0.4) is 0 Å². The zero-order chi connectivity index (χ0) is 43.1. The number of aromatic nitrogens is 2. The average molecular weight is 1020 g/mol. The van der Waals surface area contributed by atoms with Gasteiger partial charge < -0.3 is 19.8 Å². The average Bonchev–Trinajstić information content (AvgIpc) is 3.36. The monoisotopic (exact) mass is 1020 g/mol. The largest absolute Gasteiger partial charge is 0.507 e. The summed E-state index contributed by atoms with van der Waals surface area (Å²) in [6.45, 7) is 0. The van der Waals surface area contributed by atoms with E-state index in [0.717, 1.165) is 67.9 Å². The van der Waals surface area contributed by atoms with Gasteiger partial charge >= 0.3 is 0 Å². The van der Waals surface area contributed by atoms with Gasteiger partial charge in [0.1, 0.15) is 17.4 Å². The van der Waals surface area contributed by atoms with Crippen molar-refractivity contribution < 1.29 is 26.2 Å². The summed E-state index contributed by atoms with van der Waals surface area (Å²) in [6, 6.07) is 85.9. The number of phenols is 1. The van der Waals surface area contributed by atoms with Gasteiger partial charge in [0.15, 0.2) is 0 Å². The van der Waals surface area contributed by atoms with E-state index in [-0.39, 0.29) is 26.8 Å². The molecule has 0 fully saturated rings. The number of phenolic OH excluding ortho intramolecular Hbond substituents is 1. The van der Waals surface area contributed by atoms with Crippen LogP contribution in [0.2, 0.25) is 0 Å². The van der Waals surface area contributed by atoms with E-state index in [1.165, 1.54) is 0 Å². The molecule has 2 heterocycles. The third-order valence-electron chi connectivity index (χ3n) is 11.1. The molecule has 10 rings (SSSR count). The van der Waals surface area contributed by atoms with Crippen molar-refractivity contribution in [2.45, 2.75) is 0 Å². The van der Waals surface area contributed by atoms with E-state index < -0.39 is 0 Å². The molecule has 0 atom stereocenters. The molecule has 1 N–H and O–H groups in total. The van der Waals surface area contributed by atoms with E-state index in [2.05, 4.69) is 166 Å². The normalized spacial score (nSPS) is 10.7. The van der Waals surface area contributed by atoms with Gasteiger partial charge in [-0.3, -0.25) is 0 Å². The maximum atomic E-state index is 11.4. The predicted octanol–water partition coefficient (Wildman–Crippen LogP) is 15.4. The van der Waals surface area contributed by atoms with Crippen LogP contribution in [-0.2, 0) is 21.1 Å². The second-order valence-electron chi connectivity index (χ2n) is 15.1. The van der Waals surface area contributed by atoms with Crippen molar-refractivity contribution >= 4 is 51.4 Å². The summed E-state index contributed by atoms with van der Waals surface area (Å²) in [5.74, 6) is 1.51. The van der Waals surface area contributed by atoms with Crippen molar-refractivity contribution in [2.24, 2.45) is 0 Å². The maximum Gasteiger partial charge on any atom is 0.138 e. The number of anilines is 9. The molecule has 0 saturated heterocycles. The Hall–Kier alpha value is -8.05. The molecule has 10 aromatic rings. The van der Waals surface area contributed by atoms with Gasteiger partial charge in [0.05, 0.1) is 22.8 Å². The van der Waals surface area contributed by atoms with Crippen LogP contribution >= 0.6 is 0 Å². The molecule has 0 radical (unpaired) electrons. The molecule has 8 aromatic carbocycles. The van der Waals surface area contributed by atoms with Crippen molar-refractivity contribution in [3.05, 3.63) is 255 Å². The number of nitrogens with zero attached hydrogens (tertiary/aromatic N) is 5. The number of hydrogen-bond donors (Lipinski definition) is 1. The summed E-state index contributed by atoms with van der Waals surface area (Å²) < 4.78 is 0. The molecular weight excluding hydrogens is 978 g/mol. The van der Waals surface area contributed by atoms with E-state index in [4.69, 9.17) is 9.97 Å². The van der Waals surface area contributed by atoms with Crippen LogP contribution in [0.4, 0.5) is 51.4 Å². The minimum atomic E-state index is 0. The summed E-state index contributed by atoms with van der Waals surface area (Å²) in [7, 11) is 0. The van der Waals surface area contributed by atoms with Crippen molar-refractivity contribution in [2.75, 3.05) is 14.7 Å². The number of rotatable bonds is 12.